The van der Waals surface area contributed by atoms with Crippen LogP contribution in [0.5, 0.6) is 0 Å². The van der Waals surface area contributed by atoms with Crippen LogP contribution < -0.4 is 16.2 Å². The van der Waals surface area contributed by atoms with Crippen LogP contribution in [0.25, 0.3) is 10.2 Å². The molecule has 2 heterocycles. The van der Waals surface area contributed by atoms with Crippen LogP contribution in [0.2, 0.25) is 0 Å². The Morgan fingerprint density at radius 1 is 0.941 bits per heavy atom. The van der Waals surface area contributed by atoms with Crippen molar-refractivity contribution in [2.45, 2.75) is 41.2 Å². The van der Waals surface area contributed by atoms with Gasteiger partial charge in [-0.05, 0) is 75.1 Å². The SMILES string of the molecule is Cc1ccc(NC(=O)c2sc3ncn(CC(=O)Nc4ccc(C)c(C)c4)c(=O)c3c2C)c(C)c1. The number of hydrogen-bond acceptors (Lipinski definition) is 5. The summed E-state index contributed by atoms with van der Waals surface area (Å²) in [6, 6.07) is 11.4. The highest BCUT2D eigenvalue weighted by Gasteiger charge is 2.20. The minimum absolute atomic E-state index is 0.173. The number of aryl methyl sites for hydroxylation is 5. The molecule has 0 aliphatic carbocycles. The second kappa shape index (κ2) is 9.23. The second-order valence-electron chi connectivity index (χ2n) is 8.53. The first kappa shape index (κ1) is 23.4. The van der Waals surface area contributed by atoms with Crippen LogP contribution in [0.3, 0.4) is 0 Å². The molecule has 4 rings (SSSR count). The fourth-order valence-electron chi connectivity index (χ4n) is 3.80. The molecule has 8 heteroatoms. The standard InChI is InChI=1S/C26H26N4O3S/c1-14-6-9-20(17(4)10-14)29-24(32)23-18(5)22-25(34-23)27-13-30(26(22)33)12-21(31)28-19-8-7-15(2)16(3)11-19/h6-11,13H,12H2,1-5H3,(H,28,31)(H,29,32). The largest absolute Gasteiger partial charge is 0.325 e. The van der Waals surface area contributed by atoms with Crippen LogP contribution in [0.4, 0.5) is 11.4 Å². The number of carbonyl (C=O) groups excluding carboxylic acids is 2. The lowest BCUT2D eigenvalue weighted by Gasteiger charge is -2.09. The number of nitrogens with zero attached hydrogens (tertiary/aromatic N) is 2. The molecule has 7 nitrogen and oxygen atoms in total. The van der Waals surface area contributed by atoms with Crippen LogP contribution in [-0.2, 0) is 11.3 Å². The number of aromatic nitrogens is 2. The molecule has 0 spiro atoms. The summed E-state index contributed by atoms with van der Waals surface area (Å²) in [5.74, 6) is -0.613. The molecule has 2 amide bonds. The number of amides is 2. The Kier molecular flexibility index (Phi) is 6.34. The summed E-state index contributed by atoms with van der Waals surface area (Å²) in [4.78, 5) is 43.9. The lowest BCUT2D eigenvalue weighted by atomic mass is 10.1. The molecular weight excluding hydrogens is 448 g/mol. The maximum atomic E-state index is 13.1. The van der Waals surface area contributed by atoms with Gasteiger partial charge in [0, 0.05) is 11.4 Å². The predicted octanol–water partition coefficient (Wildman–Crippen LogP) is 4.89. The summed E-state index contributed by atoms with van der Waals surface area (Å²) < 4.78 is 1.27. The highest BCUT2D eigenvalue weighted by molar-refractivity contribution is 7.20. The monoisotopic (exact) mass is 474 g/mol. The van der Waals surface area contributed by atoms with Gasteiger partial charge in [0.25, 0.3) is 11.5 Å². The average Bonchev–Trinajstić information content (AvgIpc) is 3.12. The van der Waals surface area contributed by atoms with Crippen molar-refractivity contribution >= 4 is 44.7 Å². The van der Waals surface area contributed by atoms with Gasteiger partial charge in [0.05, 0.1) is 16.6 Å². The molecule has 0 saturated heterocycles. The van der Waals surface area contributed by atoms with Crippen LogP contribution in [-0.4, -0.2) is 21.4 Å². The molecule has 0 saturated carbocycles. The highest BCUT2D eigenvalue weighted by atomic mass is 32.1. The van der Waals surface area contributed by atoms with E-state index in [1.807, 2.05) is 64.1 Å². The first-order valence-electron chi connectivity index (χ1n) is 10.9. The second-order valence-corrected chi connectivity index (χ2v) is 9.53. The Morgan fingerprint density at radius 2 is 1.71 bits per heavy atom. The van der Waals surface area contributed by atoms with Gasteiger partial charge in [0.2, 0.25) is 5.91 Å². The third-order valence-electron chi connectivity index (χ3n) is 5.86. The first-order valence-corrected chi connectivity index (χ1v) is 11.7. The van der Waals surface area contributed by atoms with Crippen molar-refractivity contribution in [3.63, 3.8) is 0 Å². The quantitative estimate of drug-likeness (QED) is 0.431. The van der Waals surface area contributed by atoms with Gasteiger partial charge in [-0.2, -0.15) is 0 Å². The zero-order valence-electron chi connectivity index (χ0n) is 19.8. The summed E-state index contributed by atoms with van der Waals surface area (Å²) in [5, 5.41) is 6.11. The lowest BCUT2D eigenvalue weighted by Crippen LogP contribution is -2.28. The molecule has 0 aliphatic heterocycles. The molecule has 0 bridgehead atoms. The molecule has 0 aliphatic rings. The zero-order chi connectivity index (χ0) is 24.6. The number of carbonyl (C=O) groups is 2. The molecule has 0 fully saturated rings. The van der Waals surface area contributed by atoms with Gasteiger partial charge < -0.3 is 10.6 Å². The fraction of sp³-hybridized carbons (Fsp3) is 0.231. The molecule has 0 unspecified atom stereocenters. The third kappa shape index (κ3) is 4.63. The number of hydrogen-bond donors (Lipinski definition) is 2. The van der Waals surface area contributed by atoms with E-state index in [4.69, 9.17) is 0 Å². The van der Waals surface area contributed by atoms with Gasteiger partial charge in [0.1, 0.15) is 11.4 Å². The van der Waals surface area contributed by atoms with Crippen LogP contribution >= 0.6 is 11.3 Å². The summed E-state index contributed by atoms with van der Waals surface area (Å²) in [6.45, 7) is 9.46. The molecule has 0 radical (unpaired) electrons. The van der Waals surface area contributed by atoms with E-state index in [-0.39, 0.29) is 23.9 Å². The Morgan fingerprint density at radius 3 is 2.41 bits per heavy atom. The van der Waals surface area contributed by atoms with E-state index in [2.05, 4.69) is 15.6 Å². The molecule has 2 aromatic heterocycles. The van der Waals surface area contributed by atoms with Crippen molar-refractivity contribution in [3.8, 4) is 0 Å². The van der Waals surface area contributed by atoms with E-state index in [9.17, 15) is 14.4 Å². The van der Waals surface area contributed by atoms with E-state index in [1.165, 1.54) is 22.2 Å². The number of nitrogens with one attached hydrogen (secondary N) is 2. The Hall–Kier alpha value is -3.78. The number of thiophene rings is 1. The first-order chi connectivity index (χ1) is 16.1. The average molecular weight is 475 g/mol. The Bertz CT molecular complexity index is 1500. The number of benzene rings is 2. The van der Waals surface area contributed by atoms with Gasteiger partial charge >= 0.3 is 0 Å². The van der Waals surface area contributed by atoms with Crippen LogP contribution in [0.15, 0.2) is 47.5 Å². The third-order valence-corrected chi connectivity index (χ3v) is 7.06. The Balaban J connectivity index is 1.58. The smallest absolute Gasteiger partial charge is 0.266 e. The topological polar surface area (TPSA) is 93.1 Å². The maximum Gasteiger partial charge on any atom is 0.266 e. The molecule has 174 valence electrons. The van der Waals surface area contributed by atoms with E-state index in [0.717, 1.165) is 27.9 Å². The van der Waals surface area contributed by atoms with E-state index < -0.39 is 0 Å². The fourth-order valence-corrected chi connectivity index (χ4v) is 4.83. The molecule has 0 atom stereocenters. The number of anilines is 2. The minimum Gasteiger partial charge on any atom is -0.325 e. The van der Waals surface area contributed by atoms with Crippen molar-refractivity contribution in [1.82, 2.24) is 9.55 Å². The zero-order valence-corrected chi connectivity index (χ0v) is 20.6. The molecule has 2 aromatic carbocycles. The minimum atomic E-state index is -0.348. The summed E-state index contributed by atoms with van der Waals surface area (Å²) >= 11 is 1.17. The van der Waals surface area contributed by atoms with Gasteiger partial charge in [-0.25, -0.2) is 4.98 Å². The molecular formula is C26H26N4O3S. The van der Waals surface area contributed by atoms with Gasteiger partial charge in [-0.1, -0.05) is 23.8 Å². The van der Waals surface area contributed by atoms with Gasteiger partial charge in [-0.15, -0.1) is 11.3 Å². The normalized spacial score (nSPS) is 11.0. The van der Waals surface area contributed by atoms with Crippen LogP contribution in [0.1, 0.15) is 37.5 Å². The molecule has 2 N–H and O–H groups in total. The summed E-state index contributed by atoms with van der Waals surface area (Å²) in [7, 11) is 0. The van der Waals surface area contributed by atoms with Crippen LogP contribution in [0, 0.1) is 34.6 Å². The van der Waals surface area contributed by atoms with Crippen molar-refractivity contribution in [2.24, 2.45) is 0 Å². The number of fused-ring (bicyclic) bond motifs is 1. The highest BCUT2D eigenvalue weighted by Crippen LogP contribution is 2.28. The molecule has 34 heavy (non-hydrogen) atoms. The van der Waals surface area contributed by atoms with Gasteiger partial charge in [0.15, 0.2) is 0 Å². The predicted molar refractivity (Wildman–Crippen MR) is 137 cm³/mol. The van der Waals surface area contributed by atoms with Crippen molar-refractivity contribution in [1.29, 1.82) is 0 Å². The van der Waals surface area contributed by atoms with Crippen molar-refractivity contribution in [3.05, 3.63) is 85.8 Å². The van der Waals surface area contributed by atoms with E-state index >= 15 is 0 Å². The number of rotatable bonds is 5. The van der Waals surface area contributed by atoms with E-state index in [0.29, 0.717) is 26.3 Å². The summed E-state index contributed by atoms with van der Waals surface area (Å²) in [6.07, 6.45) is 1.35. The Labute approximate surface area is 201 Å². The lowest BCUT2D eigenvalue weighted by molar-refractivity contribution is -0.116. The van der Waals surface area contributed by atoms with Gasteiger partial charge in [-0.3, -0.25) is 19.0 Å². The van der Waals surface area contributed by atoms with E-state index in [1.54, 1.807) is 6.92 Å². The van der Waals surface area contributed by atoms with Crippen molar-refractivity contribution in [2.75, 3.05) is 10.6 Å². The summed E-state index contributed by atoms with van der Waals surface area (Å²) in [5.41, 5.74) is 5.88. The maximum absolute atomic E-state index is 13.1. The molecule has 4 aromatic rings. The van der Waals surface area contributed by atoms with Crippen molar-refractivity contribution < 1.29 is 9.59 Å².